The van der Waals surface area contributed by atoms with E-state index in [1.807, 2.05) is 36.4 Å². The van der Waals surface area contributed by atoms with Crippen molar-refractivity contribution < 1.29 is 14.3 Å². The van der Waals surface area contributed by atoms with Gasteiger partial charge < -0.3 is 20.1 Å². The molecule has 5 heteroatoms. The number of anilines is 1. The Labute approximate surface area is 143 Å². The number of ether oxygens (including phenoxy) is 2. The Bertz CT molecular complexity index is 659. The summed E-state index contributed by atoms with van der Waals surface area (Å²) in [6.45, 7) is 4.61. The van der Waals surface area contributed by atoms with Gasteiger partial charge in [-0.05, 0) is 36.4 Å². The highest BCUT2D eigenvalue weighted by molar-refractivity contribution is 6.04. The molecule has 0 fully saturated rings. The van der Waals surface area contributed by atoms with Crippen LogP contribution >= 0.6 is 0 Å². The second-order valence-corrected chi connectivity index (χ2v) is 5.26. The lowest BCUT2D eigenvalue weighted by atomic mass is 10.1. The lowest BCUT2D eigenvalue weighted by molar-refractivity contribution is 0.102. The Morgan fingerprint density at radius 3 is 2.71 bits per heavy atom. The van der Waals surface area contributed by atoms with Crippen LogP contribution in [0.25, 0.3) is 0 Å². The second-order valence-electron chi connectivity index (χ2n) is 5.26. The molecule has 128 valence electrons. The standard InChI is InChI=1S/C19H24N2O3/c1-3-20-14-16-7-4-5-10-18(16)21-19(22)15-8-6-9-17(13-15)24-12-11-23-2/h4-10,13,20H,3,11-12,14H2,1-2H3,(H,21,22). The van der Waals surface area contributed by atoms with E-state index in [4.69, 9.17) is 9.47 Å². The van der Waals surface area contributed by atoms with Crippen LogP contribution in [0.15, 0.2) is 48.5 Å². The minimum absolute atomic E-state index is 0.156. The summed E-state index contributed by atoms with van der Waals surface area (Å²) < 4.78 is 10.5. The Morgan fingerprint density at radius 1 is 1.08 bits per heavy atom. The number of rotatable bonds is 9. The average molecular weight is 328 g/mol. The van der Waals surface area contributed by atoms with Gasteiger partial charge in [0.2, 0.25) is 0 Å². The van der Waals surface area contributed by atoms with Crippen LogP contribution in [0.2, 0.25) is 0 Å². The molecule has 24 heavy (non-hydrogen) atoms. The molecule has 0 radical (unpaired) electrons. The molecule has 0 spiro atoms. The fraction of sp³-hybridized carbons (Fsp3) is 0.316. The summed E-state index contributed by atoms with van der Waals surface area (Å²) in [5, 5.41) is 6.24. The number of para-hydroxylation sites is 1. The topological polar surface area (TPSA) is 59.6 Å². The predicted octanol–water partition coefficient (Wildman–Crippen LogP) is 3.07. The van der Waals surface area contributed by atoms with Crippen molar-refractivity contribution in [2.24, 2.45) is 0 Å². The number of nitrogens with one attached hydrogen (secondary N) is 2. The Kier molecular flexibility index (Phi) is 7.26. The van der Waals surface area contributed by atoms with Crippen LogP contribution in [-0.2, 0) is 11.3 Å². The molecule has 0 aliphatic carbocycles. The maximum atomic E-state index is 12.5. The van der Waals surface area contributed by atoms with E-state index < -0.39 is 0 Å². The van der Waals surface area contributed by atoms with Crippen LogP contribution in [0.3, 0.4) is 0 Å². The Balaban J connectivity index is 2.06. The van der Waals surface area contributed by atoms with Gasteiger partial charge in [0.15, 0.2) is 0 Å². The fourth-order valence-electron chi connectivity index (χ4n) is 2.22. The molecule has 5 nitrogen and oxygen atoms in total. The maximum Gasteiger partial charge on any atom is 0.255 e. The highest BCUT2D eigenvalue weighted by Crippen LogP contribution is 2.18. The first-order valence-electron chi connectivity index (χ1n) is 8.06. The van der Waals surface area contributed by atoms with Gasteiger partial charge in [-0.3, -0.25) is 4.79 Å². The Morgan fingerprint density at radius 2 is 1.92 bits per heavy atom. The van der Waals surface area contributed by atoms with Crippen LogP contribution in [0.5, 0.6) is 5.75 Å². The molecular formula is C19H24N2O3. The summed E-state index contributed by atoms with van der Waals surface area (Å²) in [4.78, 5) is 12.5. The number of amides is 1. The molecule has 0 saturated heterocycles. The minimum atomic E-state index is -0.156. The molecule has 0 saturated carbocycles. The Hall–Kier alpha value is -2.37. The van der Waals surface area contributed by atoms with Gasteiger partial charge in [0.1, 0.15) is 12.4 Å². The van der Waals surface area contributed by atoms with Crippen molar-refractivity contribution >= 4 is 11.6 Å². The van der Waals surface area contributed by atoms with E-state index in [-0.39, 0.29) is 5.91 Å². The number of carbonyl (C=O) groups is 1. The van der Waals surface area contributed by atoms with Gasteiger partial charge in [-0.15, -0.1) is 0 Å². The van der Waals surface area contributed by atoms with Gasteiger partial charge in [0.25, 0.3) is 5.91 Å². The van der Waals surface area contributed by atoms with E-state index in [0.717, 1.165) is 17.8 Å². The molecule has 1 amide bonds. The third-order valence-corrected chi connectivity index (χ3v) is 3.48. The zero-order chi connectivity index (χ0) is 17.2. The van der Waals surface area contributed by atoms with Gasteiger partial charge in [0, 0.05) is 24.9 Å². The van der Waals surface area contributed by atoms with E-state index in [2.05, 4.69) is 17.6 Å². The van der Waals surface area contributed by atoms with E-state index in [9.17, 15) is 4.79 Å². The van der Waals surface area contributed by atoms with Crippen molar-refractivity contribution in [1.82, 2.24) is 5.32 Å². The van der Waals surface area contributed by atoms with Crippen molar-refractivity contribution in [3.63, 3.8) is 0 Å². The summed E-state index contributed by atoms with van der Waals surface area (Å²) >= 11 is 0. The first kappa shape index (κ1) is 18.0. The quantitative estimate of drug-likeness (QED) is 0.695. The lowest BCUT2D eigenvalue weighted by Crippen LogP contribution is -2.17. The first-order chi connectivity index (χ1) is 11.7. The van der Waals surface area contributed by atoms with Gasteiger partial charge >= 0.3 is 0 Å². The third kappa shape index (κ3) is 5.37. The van der Waals surface area contributed by atoms with E-state index in [0.29, 0.717) is 31.1 Å². The number of hydrogen-bond acceptors (Lipinski definition) is 4. The van der Waals surface area contributed by atoms with Gasteiger partial charge in [-0.2, -0.15) is 0 Å². The monoisotopic (exact) mass is 328 g/mol. The van der Waals surface area contributed by atoms with Crippen molar-refractivity contribution in [2.45, 2.75) is 13.5 Å². The van der Waals surface area contributed by atoms with Gasteiger partial charge in [-0.1, -0.05) is 31.2 Å². The van der Waals surface area contributed by atoms with Gasteiger partial charge in [-0.25, -0.2) is 0 Å². The summed E-state index contributed by atoms with van der Waals surface area (Å²) in [5.74, 6) is 0.497. The summed E-state index contributed by atoms with van der Waals surface area (Å²) in [6, 6.07) is 14.9. The lowest BCUT2D eigenvalue weighted by Gasteiger charge is -2.12. The number of benzene rings is 2. The van der Waals surface area contributed by atoms with Crippen molar-refractivity contribution in [3.8, 4) is 5.75 Å². The van der Waals surface area contributed by atoms with Crippen LogP contribution in [0, 0.1) is 0 Å². The number of methoxy groups -OCH3 is 1. The van der Waals surface area contributed by atoms with Crippen molar-refractivity contribution in [1.29, 1.82) is 0 Å². The molecule has 2 aromatic rings. The molecule has 0 aliphatic heterocycles. The maximum absolute atomic E-state index is 12.5. The molecule has 0 aliphatic rings. The molecule has 2 aromatic carbocycles. The molecule has 0 aromatic heterocycles. The molecule has 0 unspecified atom stereocenters. The average Bonchev–Trinajstić information content (AvgIpc) is 2.61. The van der Waals surface area contributed by atoms with E-state index in [1.54, 1.807) is 19.2 Å². The summed E-state index contributed by atoms with van der Waals surface area (Å²) in [7, 11) is 1.62. The third-order valence-electron chi connectivity index (χ3n) is 3.48. The van der Waals surface area contributed by atoms with Crippen LogP contribution < -0.4 is 15.4 Å². The smallest absolute Gasteiger partial charge is 0.255 e. The summed E-state index contributed by atoms with van der Waals surface area (Å²) in [6.07, 6.45) is 0. The van der Waals surface area contributed by atoms with Gasteiger partial charge in [0.05, 0.1) is 6.61 Å². The second kappa shape index (κ2) is 9.70. The largest absolute Gasteiger partial charge is 0.491 e. The zero-order valence-corrected chi connectivity index (χ0v) is 14.2. The fourth-order valence-corrected chi connectivity index (χ4v) is 2.22. The molecule has 0 atom stereocenters. The van der Waals surface area contributed by atoms with Crippen LogP contribution in [0.4, 0.5) is 5.69 Å². The number of carbonyl (C=O) groups excluding carboxylic acids is 1. The van der Waals surface area contributed by atoms with Crippen molar-refractivity contribution in [2.75, 3.05) is 32.2 Å². The van der Waals surface area contributed by atoms with E-state index in [1.165, 1.54) is 0 Å². The van der Waals surface area contributed by atoms with Crippen LogP contribution in [-0.4, -0.2) is 32.8 Å². The highest BCUT2D eigenvalue weighted by Gasteiger charge is 2.09. The highest BCUT2D eigenvalue weighted by atomic mass is 16.5. The summed E-state index contributed by atoms with van der Waals surface area (Å²) in [5.41, 5.74) is 2.43. The van der Waals surface area contributed by atoms with Crippen molar-refractivity contribution in [3.05, 3.63) is 59.7 Å². The van der Waals surface area contributed by atoms with Crippen LogP contribution in [0.1, 0.15) is 22.8 Å². The molecule has 2 N–H and O–H groups in total. The molecular weight excluding hydrogens is 304 g/mol. The first-order valence-corrected chi connectivity index (χ1v) is 8.06. The van der Waals surface area contributed by atoms with E-state index >= 15 is 0 Å². The predicted molar refractivity (Wildman–Crippen MR) is 95.6 cm³/mol. The number of hydrogen-bond donors (Lipinski definition) is 2. The normalized spacial score (nSPS) is 10.4. The zero-order valence-electron chi connectivity index (χ0n) is 14.2. The molecule has 0 bridgehead atoms. The molecule has 0 heterocycles. The minimum Gasteiger partial charge on any atom is -0.491 e. The molecule has 2 rings (SSSR count). The SMILES string of the molecule is CCNCc1ccccc1NC(=O)c1cccc(OCCOC)c1.